The first-order valence-electron chi connectivity index (χ1n) is 34.9. The number of hydrogen-bond acceptors (Lipinski definition) is 3. The maximum absolute atomic E-state index is 2.72. The maximum Gasteiger partial charge on any atom is 0.333 e. The minimum absolute atomic E-state index is 0.0452. The number of para-hydroxylation sites is 6. The average Bonchev–Trinajstić information content (AvgIpc) is 0.989. The van der Waals surface area contributed by atoms with E-state index >= 15 is 0 Å². The van der Waals surface area contributed by atoms with Gasteiger partial charge in [-0.15, -0.1) is 0 Å². The maximum atomic E-state index is 2.72. The van der Waals surface area contributed by atoms with Crippen LogP contribution >= 0.6 is 11.8 Å². The van der Waals surface area contributed by atoms with Crippen molar-refractivity contribution in [2.75, 3.05) is 9.80 Å². The quantitative estimate of drug-likeness (QED) is 0.160. The van der Waals surface area contributed by atoms with E-state index in [4.69, 9.17) is 0 Å². The van der Waals surface area contributed by atoms with Crippen molar-refractivity contribution in [2.24, 2.45) is 0 Å². The molecule has 0 saturated carbocycles. The van der Waals surface area contributed by atoms with E-state index in [1.165, 1.54) is 209 Å². The summed E-state index contributed by atoms with van der Waals surface area (Å²) in [6.07, 6.45) is 0. The summed E-state index contributed by atoms with van der Waals surface area (Å²) in [5, 5.41) is 10.1. The SMILES string of the molecule is c1ccc(-c2cc3c4c(c2)N2c5ccccc5Sc5cccc(c52)B4n2c4cc5cc(-c6ccc(-c7cc8c9c(c7)N7c%10ccccc%10C(c%10ccccc%10)(c%10ccccc%10)c%10cccc(c%107)B9n7c9cc%10ccccc%10cc9c9cccc-8c97)cc6)ccc5cc4c4cccc-3c42)cc1. The Balaban J connectivity index is 0.690. The number of anilines is 6. The minimum atomic E-state index is -0.617. The number of aromatic nitrogens is 2. The van der Waals surface area contributed by atoms with Crippen LogP contribution in [0.5, 0.6) is 0 Å². The van der Waals surface area contributed by atoms with Gasteiger partial charge in [-0.25, -0.2) is 0 Å². The fourth-order valence-corrected chi connectivity index (χ4v) is 20.5. The van der Waals surface area contributed by atoms with Gasteiger partial charge in [-0.2, -0.15) is 0 Å². The van der Waals surface area contributed by atoms with Crippen LogP contribution in [0.15, 0.2) is 337 Å². The molecule has 0 amide bonds. The molecule has 0 bridgehead atoms. The first kappa shape index (κ1) is 53.8. The van der Waals surface area contributed by atoms with Crippen molar-refractivity contribution in [3.63, 3.8) is 0 Å². The fraction of sp³-hybridized carbons (Fsp3) is 0.0108. The third kappa shape index (κ3) is 6.85. The largest absolute Gasteiger partial charge is 0.375 e. The lowest BCUT2D eigenvalue weighted by molar-refractivity contribution is 0.732. The highest BCUT2D eigenvalue weighted by Gasteiger charge is 2.53. The van der Waals surface area contributed by atoms with E-state index in [-0.39, 0.29) is 13.7 Å². The Labute approximate surface area is 582 Å². The molecule has 8 heterocycles. The van der Waals surface area contributed by atoms with Crippen LogP contribution in [0.1, 0.15) is 22.3 Å². The lowest BCUT2D eigenvalue weighted by Gasteiger charge is -2.50. The summed E-state index contributed by atoms with van der Waals surface area (Å²) in [5.41, 5.74) is 34.7. The second-order valence-electron chi connectivity index (χ2n) is 28.1. The van der Waals surface area contributed by atoms with Gasteiger partial charge in [0.1, 0.15) is 0 Å². The molecule has 0 unspecified atom stereocenters. The number of rotatable bonds is 5. The van der Waals surface area contributed by atoms with Gasteiger partial charge in [0.15, 0.2) is 0 Å². The number of hydrogen-bond donors (Lipinski definition) is 0. The molecular weight excluding hydrogens is 1230 g/mol. The summed E-state index contributed by atoms with van der Waals surface area (Å²) in [6.45, 7) is -0.162. The van der Waals surface area contributed by atoms with Crippen LogP contribution in [0.4, 0.5) is 34.1 Å². The molecule has 0 aliphatic carbocycles. The molecule has 4 nitrogen and oxygen atoms in total. The third-order valence-corrected chi connectivity index (χ3v) is 24.5. The van der Waals surface area contributed by atoms with Gasteiger partial charge in [-0.1, -0.05) is 260 Å². The van der Waals surface area contributed by atoms with Gasteiger partial charge in [-0.3, -0.25) is 0 Å². The lowest BCUT2D eigenvalue weighted by atomic mass is 9.43. The van der Waals surface area contributed by atoms with Gasteiger partial charge in [0.2, 0.25) is 0 Å². The second kappa shape index (κ2) is 19.5. The van der Waals surface area contributed by atoms with E-state index in [9.17, 15) is 0 Å². The molecule has 0 fully saturated rings. The molecule has 100 heavy (non-hydrogen) atoms. The molecule has 0 saturated heterocycles. The third-order valence-electron chi connectivity index (χ3n) is 23.4. The molecular formula is C93H54B2N4S. The van der Waals surface area contributed by atoms with Crippen molar-refractivity contribution >= 4 is 147 Å². The molecule has 0 atom stereocenters. The number of nitrogens with zero attached hydrogens (tertiary/aromatic N) is 4. The highest BCUT2D eigenvalue weighted by Crippen LogP contribution is 2.60. The second-order valence-corrected chi connectivity index (χ2v) is 29.2. The van der Waals surface area contributed by atoms with Gasteiger partial charge in [0, 0.05) is 81.6 Å². The molecule has 18 aromatic rings. The van der Waals surface area contributed by atoms with Crippen molar-refractivity contribution in [1.82, 2.24) is 8.96 Å². The Bertz CT molecular complexity index is 6670. The van der Waals surface area contributed by atoms with Crippen molar-refractivity contribution in [2.45, 2.75) is 15.2 Å². The van der Waals surface area contributed by atoms with Gasteiger partial charge in [-0.05, 0) is 189 Å². The molecule has 0 radical (unpaired) electrons. The van der Waals surface area contributed by atoms with Crippen LogP contribution in [-0.4, -0.2) is 22.7 Å². The summed E-state index contributed by atoms with van der Waals surface area (Å²) in [5.74, 6) is 0. The van der Waals surface area contributed by atoms with Gasteiger partial charge in [0.25, 0.3) is 0 Å². The number of benzene rings is 16. The van der Waals surface area contributed by atoms with E-state index < -0.39 is 5.41 Å². The summed E-state index contributed by atoms with van der Waals surface area (Å²) < 4.78 is 5.44. The molecule has 6 aliphatic heterocycles. The minimum Gasteiger partial charge on any atom is -0.375 e. The molecule has 24 rings (SSSR count). The normalized spacial score (nSPS) is 14.2. The fourth-order valence-electron chi connectivity index (χ4n) is 19.4. The molecule has 0 spiro atoms. The Kier molecular flexibility index (Phi) is 10.5. The van der Waals surface area contributed by atoms with Crippen molar-refractivity contribution < 1.29 is 0 Å². The highest BCUT2D eigenvalue weighted by molar-refractivity contribution is 7.99. The Morgan fingerprint density at radius 1 is 0.270 bits per heavy atom. The Morgan fingerprint density at radius 2 is 0.740 bits per heavy atom. The van der Waals surface area contributed by atoms with Crippen LogP contribution in [0.3, 0.4) is 0 Å². The summed E-state index contributed by atoms with van der Waals surface area (Å²) in [4.78, 5) is 7.81. The van der Waals surface area contributed by atoms with Crippen LogP contribution in [0, 0.1) is 0 Å². The number of fused-ring (bicyclic) bond motifs is 20. The van der Waals surface area contributed by atoms with Crippen LogP contribution in [-0.2, 0) is 5.41 Å². The monoisotopic (exact) mass is 1280 g/mol. The van der Waals surface area contributed by atoms with Crippen molar-refractivity contribution in [3.8, 4) is 55.6 Å². The predicted molar refractivity (Wildman–Crippen MR) is 421 cm³/mol. The van der Waals surface area contributed by atoms with Crippen molar-refractivity contribution in [1.29, 1.82) is 0 Å². The highest BCUT2D eigenvalue weighted by atomic mass is 32.2. The van der Waals surface area contributed by atoms with Crippen LogP contribution in [0.2, 0.25) is 0 Å². The Morgan fingerprint density at radius 3 is 1.39 bits per heavy atom. The molecule has 7 heteroatoms. The van der Waals surface area contributed by atoms with Gasteiger partial charge < -0.3 is 18.8 Å². The van der Waals surface area contributed by atoms with E-state index in [0.29, 0.717) is 0 Å². The summed E-state index contributed by atoms with van der Waals surface area (Å²) in [7, 11) is 0. The summed E-state index contributed by atoms with van der Waals surface area (Å²) in [6, 6.07) is 125. The molecule has 458 valence electrons. The van der Waals surface area contributed by atoms with E-state index in [2.05, 4.69) is 346 Å². The van der Waals surface area contributed by atoms with Crippen LogP contribution in [0.25, 0.3) is 121 Å². The zero-order valence-corrected chi connectivity index (χ0v) is 54.8. The van der Waals surface area contributed by atoms with E-state index in [1.807, 2.05) is 11.8 Å². The molecule has 0 N–H and O–H groups in total. The Hall–Kier alpha value is -12.3. The van der Waals surface area contributed by atoms with Crippen LogP contribution < -0.4 is 31.7 Å². The predicted octanol–water partition coefficient (Wildman–Crippen LogP) is 21.2. The van der Waals surface area contributed by atoms with E-state index in [0.717, 1.165) is 0 Å². The lowest BCUT2D eigenvalue weighted by Crippen LogP contribution is -2.58. The zero-order valence-electron chi connectivity index (χ0n) is 54.0. The molecule has 6 aliphatic rings. The first-order valence-corrected chi connectivity index (χ1v) is 35.8. The van der Waals surface area contributed by atoms with E-state index in [1.54, 1.807) is 0 Å². The summed E-state index contributed by atoms with van der Waals surface area (Å²) >= 11 is 1.90. The molecule has 2 aromatic heterocycles. The zero-order chi connectivity index (χ0) is 64.8. The average molecular weight is 1280 g/mol. The van der Waals surface area contributed by atoms with Gasteiger partial charge >= 0.3 is 13.7 Å². The van der Waals surface area contributed by atoms with Crippen molar-refractivity contribution in [3.05, 3.63) is 350 Å². The first-order chi connectivity index (χ1) is 49.6. The molecule has 16 aromatic carbocycles. The smallest absolute Gasteiger partial charge is 0.333 e. The standard InChI is InChI=1S/C93H54B2N4S/c1-4-20-55(21-5-1)63-49-73-69-30-17-29-68-72-48-61-45-44-60(46-62(61)52-82(72)99(90(68)69)95-78-35-19-39-86-92(78)97(84(53-63)88(73)95)80-37-14-15-38-85(80)100-86)56-40-42-57(43-41-56)64-50-74-70-31-16-28-67-71-47-58-22-10-11-23-59(58)51-81(71)98(89(67)70)94-77-34-18-33-76-91(77)96(83(54-64)87(74)94)79-36-13-12-32-75(79)93(76,65-24-6-2-7-25-65)66-26-8-3-9-27-66/h1-54H. The van der Waals surface area contributed by atoms with Gasteiger partial charge in [0.05, 0.1) is 22.5 Å². The topological polar surface area (TPSA) is 16.3 Å².